The van der Waals surface area contributed by atoms with Gasteiger partial charge in [-0.2, -0.15) is 0 Å². The third kappa shape index (κ3) is 3.45. The van der Waals surface area contributed by atoms with Crippen molar-refractivity contribution in [3.8, 4) is 0 Å². The fraction of sp³-hybridized carbons (Fsp3) is 0.667. The van der Waals surface area contributed by atoms with E-state index in [0.717, 1.165) is 30.2 Å². The summed E-state index contributed by atoms with van der Waals surface area (Å²) in [6, 6.07) is 2.15. The summed E-state index contributed by atoms with van der Waals surface area (Å²) in [7, 11) is 0. The lowest BCUT2D eigenvalue weighted by molar-refractivity contribution is -0.126. The lowest BCUT2D eigenvalue weighted by atomic mass is 9.68. The van der Waals surface area contributed by atoms with Crippen LogP contribution >= 0.6 is 27.3 Å². The largest absolute Gasteiger partial charge is 0.299 e. The molecule has 1 fully saturated rings. The number of rotatable bonds is 2. The summed E-state index contributed by atoms with van der Waals surface area (Å²) in [5.74, 6) is 1.40. The number of halogens is 1. The fourth-order valence-electron chi connectivity index (χ4n) is 2.80. The van der Waals surface area contributed by atoms with Crippen molar-refractivity contribution in [1.82, 2.24) is 0 Å². The van der Waals surface area contributed by atoms with Crippen LogP contribution in [-0.2, 0) is 11.2 Å². The summed E-state index contributed by atoms with van der Waals surface area (Å²) in [6.45, 7) is 6.89. The van der Waals surface area contributed by atoms with Gasteiger partial charge >= 0.3 is 0 Å². The van der Waals surface area contributed by atoms with Gasteiger partial charge in [0.15, 0.2) is 0 Å². The molecule has 100 valence electrons. The molecule has 0 radical (unpaired) electrons. The minimum absolute atomic E-state index is 0.244. The van der Waals surface area contributed by atoms with E-state index in [-0.39, 0.29) is 5.92 Å². The van der Waals surface area contributed by atoms with Crippen LogP contribution in [0.5, 0.6) is 0 Å². The standard InChI is InChI=1S/C15H21BrOS/c1-15(2,3)11-4-5-14(17)10(6-11)7-13-8-12(16)9-18-13/h8-11H,4-7H2,1-3H3. The number of carbonyl (C=O) groups excluding carboxylic acids is 1. The Balaban J connectivity index is 2.04. The third-order valence-electron chi connectivity index (χ3n) is 4.06. The molecular formula is C15H21BrOS. The lowest BCUT2D eigenvalue weighted by Crippen LogP contribution is -2.32. The highest BCUT2D eigenvalue weighted by Gasteiger charge is 2.34. The van der Waals surface area contributed by atoms with E-state index in [2.05, 4.69) is 48.1 Å². The summed E-state index contributed by atoms with van der Waals surface area (Å²) in [6.07, 6.45) is 3.85. The van der Waals surface area contributed by atoms with Crippen molar-refractivity contribution in [3.63, 3.8) is 0 Å². The third-order valence-corrected chi connectivity index (χ3v) is 5.78. The average molecular weight is 329 g/mol. The highest BCUT2D eigenvalue weighted by molar-refractivity contribution is 9.10. The van der Waals surface area contributed by atoms with Crippen molar-refractivity contribution < 1.29 is 4.79 Å². The van der Waals surface area contributed by atoms with Crippen molar-refractivity contribution in [2.75, 3.05) is 0 Å². The van der Waals surface area contributed by atoms with Gasteiger partial charge in [0, 0.05) is 27.1 Å². The van der Waals surface area contributed by atoms with Crippen molar-refractivity contribution in [2.24, 2.45) is 17.3 Å². The van der Waals surface area contributed by atoms with Crippen molar-refractivity contribution >= 4 is 33.0 Å². The first kappa shape index (κ1) is 14.3. The minimum Gasteiger partial charge on any atom is -0.299 e. The number of hydrogen-bond donors (Lipinski definition) is 0. The Morgan fingerprint density at radius 1 is 1.44 bits per heavy atom. The molecule has 2 unspecified atom stereocenters. The SMILES string of the molecule is CC(C)(C)C1CCC(=O)C(Cc2cc(Br)cs2)C1. The maximum Gasteiger partial charge on any atom is 0.136 e. The zero-order chi connectivity index (χ0) is 13.3. The molecule has 0 bridgehead atoms. The van der Waals surface area contributed by atoms with Gasteiger partial charge in [0.05, 0.1) is 0 Å². The first-order chi connectivity index (χ1) is 8.36. The van der Waals surface area contributed by atoms with Gasteiger partial charge in [-0.05, 0) is 52.6 Å². The highest BCUT2D eigenvalue weighted by atomic mass is 79.9. The van der Waals surface area contributed by atoms with Crippen molar-refractivity contribution in [2.45, 2.75) is 46.5 Å². The fourth-order valence-corrected chi connectivity index (χ4v) is 4.33. The summed E-state index contributed by atoms with van der Waals surface area (Å²) in [5, 5.41) is 2.10. The summed E-state index contributed by atoms with van der Waals surface area (Å²) < 4.78 is 1.14. The Hall–Kier alpha value is -0.150. The molecule has 1 aromatic rings. The van der Waals surface area contributed by atoms with E-state index in [4.69, 9.17) is 0 Å². The Bertz CT molecular complexity index is 430. The van der Waals surface area contributed by atoms with Crippen molar-refractivity contribution in [1.29, 1.82) is 0 Å². The molecule has 1 saturated carbocycles. The van der Waals surface area contributed by atoms with E-state index < -0.39 is 0 Å². The Kier molecular flexibility index (Phi) is 4.32. The maximum absolute atomic E-state index is 12.1. The second kappa shape index (κ2) is 5.46. The van der Waals surface area contributed by atoms with Gasteiger partial charge in [0.2, 0.25) is 0 Å². The number of hydrogen-bond acceptors (Lipinski definition) is 2. The number of Topliss-reactive ketones (excluding diaryl/α,β-unsaturated/α-hetero) is 1. The van der Waals surface area contributed by atoms with Crippen LogP contribution in [0.25, 0.3) is 0 Å². The summed E-state index contributed by atoms with van der Waals surface area (Å²) >= 11 is 5.24. The maximum atomic E-state index is 12.1. The van der Waals surface area contributed by atoms with Gasteiger partial charge in [-0.1, -0.05) is 20.8 Å². The molecule has 1 nitrogen and oxygen atoms in total. The molecule has 2 atom stereocenters. The van der Waals surface area contributed by atoms with Gasteiger partial charge in [-0.3, -0.25) is 4.79 Å². The molecule has 1 aliphatic rings. The number of thiophene rings is 1. The molecule has 1 aliphatic carbocycles. The van der Waals surface area contributed by atoms with Gasteiger partial charge in [-0.15, -0.1) is 11.3 Å². The van der Waals surface area contributed by atoms with Crippen LogP contribution in [0.15, 0.2) is 15.9 Å². The molecular weight excluding hydrogens is 308 g/mol. The second-order valence-electron chi connectivity index (χ2n) is 6.44. The van der Waals surface area contributed by atoms with Crippen LogP contribution in [0.2, 0.25) is 0 Å². The molecule has 3 heteroatoms. The molecule has 0 amide bonds. The van der Waals surface area contributed by atoms with Crippen LogP contribution in [0.3, 0.4) is 0 Å². The van der Waals surface area contributed by atoms with E-state index in [0.29, 0.717) is 17.1 Å². The lowest BCUT2D eigenvalue weighted by Gasteiger charge is -2.36. The normalized spacial score (nSPS) is 25.4. The van der Waals surface area contributed by atoms with E-state index in [1.54, 1.807) is 11.3 Å². The zero-order valence-corrected chi connectivity index (χ0v) is 13.7. The van der Waals surface area contributed by atoms with E-state index in [9.17, 15) is 4.79 Å². The van der Waals surface area contributed by atoms with Gasteiger partial charge in [0.1, 0.15) is 5.78 Å². The van der Waals surface area contributed by atoms with E-state index in [1.165, 1.54) is 4.88 Å². The first-order valence-electron chi connectivity index (χ1n) is 6.62. The Morgan fingerprint density at radius 2 is 2.17 bits per heavy atom. The van der Waals surface area contributed by atoms with Crippen LogP contribution in [0, 0.1) is 17.3 Å². The van der Waals surface area contributed by atoms with Crippen molar-refractivity contribution in [3.05, 3.63) is 20.8 Å². The molecule has 1 heterocycles. The van der Waals surface area contributed by atoms with Crippen LogP contribution in [0.1, 0.15) is 44.9 Å². The van der Waals surface area contributed by atoms with Crippen LogP contribution in [0.4, 0.5) is 0 Å². The zero-order valence-electron chi connectivity index (χ0n) is 11.3. The minimum atomic E-state index is 0.244. The average Bonchev–Trinajstić information content (AvgIpc) is 2.66. The van der Waals surface area contributed by atoms with Gasteiger partial charge in [-0.25, -0.2) is 0 Å². The molecule has 0 aliphatic heterocycles. The molecule has 0 spiro atoms. The summed E-state index contributed by atoms with van der Waals surface area (Å²) in [4.78, 5) is 13.4. The molecule has 0 N–H and O–H groups in total. The second-order valence-corrected chi connectivity index (χ2v) is 8.35. The van der Waals surface area contributed by atoms with Gasteiger partial charge in [0.25, 0.3) is 0 Å². The monoisotopic (exact) mass is 328 g/mol. The first-order valence-corrected chi connectivity index (χ1v) is 8.29. The van der Waals surface area contributed by atoms with E-state index in [1.807, 2.05) is 0 Å². The van der Waals surface area contributed by atoms with E-state index >= 15 is 0 Å². The molecule has 2 rings (SSSR count). The quantitative estimate of drug-likeness (QED) is 0.739. The van der Waals surface area contributed by atoms with Crippen LogP contribution in [-0.4, -0.2) is 5.78 Å². The Morgan fingerprint density at radius 3 is 2.72 bits per heavy atom. The predicted molar refractivity (Wildman–Crippen MR) is 81.0 cm³/mol. The predicted octanol–water partition coefficient (Wildman–Crippen LogP) is 5.08. The van der Waals surface area contributed by atoms with Crippen LogP contribution < -0.4 is 0 Å². The summed E-state index contributed by atoms with van der Waals surface area (Å²) in [5.41, 5.74) is 0.328. The Labute approximate surface area is 122 Å². The smallest absolute Gasteiger partial charge is 0.136 e. The molecule has 18 heavy (non-hydrogen) atoms. The molecule has 1 aromatic heterocycles. The highest BCUT2D eigenvalue weighted by Crippen LogP contribution is 2.40. The molecule has 0 saturated heterocycles. The van der Waals surface area contributed by atoms with Gasteiger partial charge < -0.3 is 0 Å². The number of ketones is 1. The molecule has 0 aromatic carbocycles. The number of carbonyl (C=O) groups is 1. The topological polar surface area (TPSA) is 17.1 Å².